The fraction of sp³-hybridized carbons (Fsp3) is 0.500. The molecule has 1 aliphatic rings. The number of hydrogen-bond acceptors (Lipinski definition) is 7. The van der Waals surface area contributed by atoms with Crippen LogP contribution in [0.4, 0.5) is 5.95 Å². The maximum Gasteiger partial charge on any atom is 0.225 e. The van der Waals surface area contributed by atoms with Crippen LogP contribution >= 0.6 is 11.3 Å². The standard InChI is InChI=1S/C16H23N7OS/c1-12(24-2)14-21-13(11-25-14)10-20-15(17)22-6-8-23(9-7-22)16-18-4-3-5-19-16/h3-5,11-12H,6-10H2,1-2H3,(H2,17,20). The Kier molecular flexibility index (Phi) is 5.77. The minimum Gasteiger partial charge on any atom is -0.375 e. The molecule has 2 aromatic heterocycles. The molecule has 0 aliphatic carbocycles. The first-order valence-electron chi connectivity index (χ1n) is 8.21. The highest BCUT2D eigenvalue weighted by atomic mass is 32.1. The van der Waals surface area contributed by atoms with Crippen molar-refractivity contribution in [1.82, 2.24) is 19.9 Å². The molecule has 1 aliphatic heterocycles. The van der Waals surface area contributed by atoms with E-state index in [1.165, 1.54) is 0 Å². The maximum atomic E-state index is 6.15. The molecule has 134 valence electrons. The molecule has 0 bridgehead atoms. The van der Waals surface area contributed by atoms with Crippen LogP contribution in [0.3, 0.4) is 0 Å². The molecule has 0 spiro atoms. The highest BCUT2D eigenvalue weighted by molar-refractivity contribution is 7.09. The summed E-state index contributed by atoms with van der Waals surface area (Å²) in [5, 5.41) is 2.97. The van der Waals surface area contributed by atoms with Gasteiger partial charge in [0.2, 0.25) is 5.95 Å². The van der Waals surface area contributed by atoms with Crippen molar-refractivity contribution in [2.75, 3.05) is 38.2 Å². The number of nitrogens with zero attached hydrogens (tertiary/aromatic N) is 6. The SMILES string of the molecule is COC(C)c1nc(CN=C(N)N2CCN(c3ncccn3)CC2)cs1. The predicted molar refractivity (Wildman–Crippen MR) is 98.7 cm³/mol. The van der Waals surface area contributed by atoms with Gasteiger partial charge in [-0.15, -0.1) is 11.3 Å². The van der Waals surface area contributed by atoms with Crippen molar-refractivity contribution in [3.63, 3.8) is 0 Å². The van der Waals surface area contributed by atoms with Gasteiger partial charge in [-0.05, 0) is 13.0 Å². The number of rotatable bonds is 5. The summed E-state index contributed by atoms with van der Waals surface area (Å²) in [6, 6.07) is 1.82. The fourth-order valence-electron chi connectivity index (χ4n) is 2.53. The van der Waals surface area contributed by atoms with E-state index in [4.69, 9.17) is 10.5 Å². The van der Waals surface area contributed by atoms with Gasteiger partial charge in [0.05, 0.1) is 12.2 Å². The Morgan fingerprint density at radius 3 is 2.72 bits per heavy atom. The highest BCUT2D eigenvalue weighted by Crippen LogP contribution is 2.20. The topological polar surface area (TPSA) is 92.8 Å². The first kappa shape index (κ1) is 17.6. The molecule has 9 heteroatoms. The normalized spacial score (nSPS) is 17.0. The molecule has 3 rings (SSSR count). The van der Waals surface area contributed by atoms with Gasteiger partial charge < -0.3 is 20.3 Å². The average molecular weight is 361 g/mol. The van der Waals surface area contributed by atoms with Crippen LogP contribution in [-0.4, -0.2) is 59.1 Å². The molecular formula is C16H23N7OS. The van der Waals surface area contributed by atoms with Crippen LogP contribution in [0.2, 0.25) is 0 Å². The number of thiazole rings is 1. The molecule has 1 fully saturated rings. The molecule has 25 heavy (non-hydrogen) atoms. The monoisotopic (exact) mass is 361 g/mol. The van der Waals surface area contributed by atoms with E-state index in [2.05, 4.69) is 29.7 Å². The summed E-state index contributed by atoms with van der Waals surface area (Å²) < 4.78 is 5.28. The molecule has 0 aromatic carbocycles. The minimum atomic E-state index is 0.00774. The molecule has 2 aromatic rings. The highest BCUT2D eigenvalue weighted by Gasteiger charge is 2.20. The van der Waals surface area contributed by atoms with Crippen molar-refractivity contribution in [2.24, 2.45) is 10.7 Å². The van der Waals surface area contributed by atoms with Crippen molar-refractivity contribution >= 4 is 23.2 Å². The van der Waals surface area contributed by atoms with Gasteiger partial charge in [-0.1, -0.05) is 0 Å². The zero-order chi connectivity index (χ0) is 17.6. The second-order valence-electron chi connectivity index (χ2n) is 5.75. The summed E-state index contributed by atoms with van der Waals surface area (Å²) in [4.78, 5) is 21.8. The van der Waals surface area contributed by atoms with Crippen LogP contribution in [0.15, 0.2) is 28.8 Å². The van der Waals surface area contributed by atoms with Crippen LogP contribution in [0.5, 0.6) is 0 Å². The number of nitrogens with two attached hydrogens (primary N) is 1. The van der Waals surface area contributed by atoms with Crippen LogP contribution < -0.4 is 10.6 Å². The number of hydrogen-bond donors (Lipinski definition) is 1. The van der Waals surface area contributed by atoms with Crippen molar-refractivity contribution in [3.05, 3.63) is 34.5 Å². The van der Waals surface area contributed by atoms with E-state index in [1.54, 1.807) is 30.8 Å². The number of anilines is 1. The molecular weight excluding hydrogens is 338 g/mol. The Bertz CT molecular complexity index is 698. The predicted octanol–water partition coefficient (Wildman–Crippen LogP) is 1.28. The lowest BCUT2D eigenvalue weighted by Gasteiger charge is -2.35. The van der Waals surface area contributed by atoms with Crippen LogP contribution in [0.25, 0.3) is 0 Å². The molecule has 8 nitrogen and oxygen atoms in total. The van der Waals surface area contributed by atoms with Gasteiger partial charge in [-0.25, -0.2) is 19.9 Å². The number of guanidine groups is 1. The van der Waals surface area contributed by atoms with Crippen LogP contribution in [-0.2, 0) is 11.3 Å². The zero-order valence-electron chi connectivity index (χ0n) is 14.5. The number of aliphatic imine (C=N–C) groups is 1. The molecule has 1 unspecified atom stereocenters. The Morgan fingerprint density at radius 2 is 2.04 bits per heavy atom. The molecule has 0 saturated carbocycles. The van der Waals surface area contributed by atoms with E-state index in [9.17, 15) is 0 Å². The number of ether oxygens (including phenoxy) is 1. The Hall–Kier alpha value is -2.26. The molecule has 3 heterocycles. The lowest BCUT2D eigenvalue weighted by Crippen LogP contribution is -2.51. The summed E-state index contributed by atoms with van der Waals surface area (Å²) in [5.74, 6) is 1.32. The fourth-order valence-corrected chi connectivity index (χ4v) is 3.38. The van der Waals surface area contributed by atoms with Crippen molar-refractivity contribution in [1.29, 1.82) is 0 Å². The Labute approximate surface area is 151 Å². The molecule has 0 amide bonds. The lowest BCUT2D eigenvalue weighted by molar-refractivity contribution is 0.119. The van der Waals surface area contributed by atoms with Gasteiger partial charge >= 0.3 is 0 Å². The third kappa shape index (κ3) is 4.43. The lowest BCUT2D eigenvalue weighted by atomic mass is 10.3. The van der Waals surface area contributed by atoms with Gasteiger partial charge in [-0.3, -0.25) is 0 Å². The minimum absolute atomic E-state index is 0.00774. The van der Waals surface area contributed by atoms with Gasteiger partial charge in [0, 0.05) is 51.1 Å². The molecule has 1 saturated heterocycles. The summed E-state index contributed by atoms with van der Waals surface area (Å²) in [5.41, 5.74) is 7.07. The molecule has 1 atom stereocenters. The largest absolute Gasteiger partial charge is 0.375 e. The molecule has 2 N–H and O–H groups in total. The van der Waals surface area contributed by atoms with Crippen molar-refractivity contribution < 1.29 is 4.74 Å². The van der Waals surface area contributed by atoms with E-state index < -0.39 is 0 Å². The third-order valence-corrected chi connectivity index (χ3v) is 5.17. The van der Waals surface area contributed by atoms with E-state index in [-0.39, 0.29) is 6.10 Å². The number of methoxy groups -OCH3 is 1. The third-order valence-electron chi connectivity index (χ3n) is 4.11. The number of aromatic nitrogens is 3. The van der Waals surface area contributed by atoms with Gasteiger partial charge in [0.1, 0.15) is 11.1 Å². The van der Waals surface area contributed by atoms with E-state index in [0.29, 0.717) is 12.5 Å². The number of piperazine rings is 1. The van der Waals surface area contributed by atoms with Gasteiger partial charge in [0.15, 0.2) is 5.96 Å². The second kappa shape index (κ2) is 8.21. The van der Waals surface area contributed by atoms with Crippen molar-refractivity contribution in [2.45, 2.75) is 19.6 Å². The quantitative estimate of drug-likeness (QED) is 0.633. The van der Waals surface area contributed by atoms with E-state index >= 15 is 0 Å². The average Bonchev–Trinajstić information content (AvgIpc) is 3.15. The van der Waals surface area contributed by atoms with E-state index in [1.807, 2.05) is 18.4 Å². The van der Waals surface area contributed by atoms with Crippen LogP contribution in [0, 0.1) is 0 Å². The van der Waals surface area contributed by atoms with Gasteiger partial charge in [-0.2, -0.15) is 0 Å². The smallest absolute Gasteiger partial charge is 0.225 e. The first-order chi connectivity index (χ1) is 12.2. The summed E-state index contributed by atoms with van der Waals surface area (Å²) in [7, 11) is 1.68. The van der Waals surface area contributed by atoms with Crippen molar-refractivity contribution in [3.8, 4) is 0 Å². The molecule has 0 radical (unpaired) electrons. The summed E-state index contributed by atoms with van der Waals surface area (Å²) in [6.07, 6.45) is 3.53. The summed E-state index contributed by atoms with van der Waals surface area (Å²) >= 11 is 1.59. The Balaban J connectivity index is 1.52. The zero-order valence-corrected chi connectivity index (χ0v) is 15.3. The first-order valence-corrected chi connectivity index (χ1v) is 9.09. The van der Waals surface area contributed by atoms with E-state index in [0.717, 1.165) is 42.8 Å². The Morgan fingerprint density at radius 1 is 1.32 bits per heavy atom. The summed E-state index contributed by atoms with van der Waals surface area (Å²) in [6.45, 7) is 5.73. The van der Waals surface area contributed by atoms with Crippen LogP contribution in [0.1, 0.15) is 23.7 Å². The second-order valence-corrected chi connectivity index (χ2v) is 6.64. The maximum absolute atomic E-state index is 6.15. The van der Waals surface area contributed by atoms with Gasteiger partial charge in [0.25, 0.3) is 0 Å².